The van der Waals surface area contributed by atoms with Crippen LogP contribution in [0.4, 0.5) is 4.39 Å². The van der Waals surface area contributed by atoms with Crippen molar-refractivity contribution in [1.82, 2.24) is 4.90 Å². The van der Waals surface area contributed by atoms with Crippen molar-refractivity contribution in [3.63, 3.8) is 0 Å². The SMILES string of the molecule is NCCN(CCSc1ccccc1F)Cc1ccccc1. The van der Waals surface area contributed by atoms with E-state index in [1.165, 1.54) is 11.6 Å². The molecule has 21 heavy (non-hydrogen) atoms. The number of hydrogen-bond acceptors (Lipinski definition) is 3. The highest BCUT2D eigenvalue weighted by atomic mass is 32.2. The third-order valence-corrected chi connectivity index (χ3v) is 4.22. The molecule has 2 aromatic rings. The maximum atomic E-state index is 13.6. The minimum atomic E-state index is -0.143. The molecule has 0 unspecified atom stereocenters. The molecular weight excluding hydrogens is 283 g/mol. The second-order valence-corrected chi connectivity index (χ2v) is 5.97. The van der Waals surface area contributed by atoms with Gasteiger partial charge in [-0.25, -0.2) is 4.39 Å². The van der Waals surface area contributed by atoms with Gasteiger partial charge in [-0.15, -0.1) is 11.8 Å². The fourth-order valence-electron chi connectivity index (χ4n) is 2.14. The molecule has 2 nitrogen and oxygen atoms in total. The molecule has 0 aliphatic rings. The monoisotopic (exact) mass is 304 g/mol. The van der Waals surface area contributed by atoms with Crippen LogP contribution in [0.5, 0.6) is 0 Å². The first-order valence-corrected chi connectivity index (χ1v) is 8.12. The molecule has 0 saturated carbocycles. The van der Waals surface area contributed by atoms with Crippen molar-refractivity contribution >= 4 is 11.8 Å². The lowest BCUT2D eigenvalue weighted by atomic mass is 10.2. The van der Waals surface area contributed by atoms with Crippen LogP contribution in [-0.2, 0) is 6.54 Å². The molecule has 0 atom stereocenters. The number of rotatable bonds is 8. The van der Waals surface area contributed by atoms with E-state index in [-0.39, 0.29) is 5.82 Å². The standard InChI is InChI=1S/C17H21FN2S/c18-16-8-4-5-9-17(16)21-13-12-20(11-10-19)14-15-6-2-1-3-7-15/h1-9H,10-14,19H2. The van der Waals surface area contributed by atoms with Gasteiger partial charge in [0.25, 0.3) is 0 Å². The van der Waals surface area contributed by atoms with Crippen molar-refractivity contribution in [2.24, 2.45) is 5.73 Å². The number of halogens is 1. The predicted molar refractivity (Wildman–Crippen MR) is 87.9 cm³/mol. The minimum absolute atomic E-state index is 0.143. The Morgan fingerprint density at radius 3 is 2.38 bits per heavy atom. The zero-order valence-corrected chi connectivity index (χ0v) is 12.9. The molecule has 2 aromatic carbocycles. The van der Waals surface area contributed by atoms with Gasteiger partial charge in [0.1, 0.15) is 5.82 Å². The highest BCUT2D eigenvalue weighted by molar-refractivity contribution is 7.99. The molecule has 0 aliphatic carbocycles. The summed E-state index contributed by atoms with van der Waals surface area (Å²) in [6, 6.07) is 17.3. The Kier molecular flexibility index (Phi) is 6.73. The summed E-state index contributed by atoms with van der Waals surface area (Å²) in [5, 5.41) is 0. The van der Waals surface area contributed by atoms with Gasteiger partial charge in [-0.1, -0.05) is 42.5 Å². The molecule has 2 rings (SSSR count). The number of thioether (sulfide) groups is 1. The average molecular weight is 304 g/mol. The maximum Gasteiger partial charge on any atom is 0.136 e. The van der Waals surface area contributed by atoms with Gasteiger partial charge in [0.2, 0.25) is 0 Å². The molecule has 0 saturated heterocycles. The first-order valence-electron chi connectivity index (χ1n) is 7.13. The van der Waals surface area contributed by atoms with E-state index in [1.54, 1.807) is 17.8 Å². The van der Waals surface area contributed by atoms with Crippen molar-refractivity contribution < 1.29 is 4.39 Å². The Bertz CT molecular complexity index is 533. The van der Waals surface area contributed by atoms with Crippen molar-refractivity contribution in [2.45, 2.75) is 11.4 Å². The van der Waals surface area contributed by atoms with Gasteiger partial charge >= 0.3 is 0 Å². The van der Waals surface area contributed by atoms with Crippen molar-refractivity contribution in [1.29, 1.82) is 0 Å². The summed E-state index contributed by atoms with van der Waals surface area (Å²) in [7, 11) is 0. The first kappa shape index (κ1) is 16.0. The molecule has 0 bridgehead atoms. The highest BCUT2D eigenvalue weighted by Gasteiger charge is 2.07. The summed E-state index contributed by atoms with van der Waals surface area (Å²) in [5.74, 6) is 0.712. The molecule has 0 amide bonds. The molecule has 0 aromatic heterocycles. The van der Waals surface area contributed by atoms with E-state index in [1.807, 2.05) is 30.3 Å². The molecule has 0 aliphatic heterocycles. The summed E-state index contributed by atoms with van der Waals surface area (Å²) in [5.41, 5.74) is 6.96. The topological polar surface area (TPSA) is 29.3 Å². The van der Waals surface area contributed by atoms with Gasteiger partial charge in [-0.2, -0.15) is 0 Å². The second-order valence-electron chi connectivity index (χ2n) is 4.83. The van der Waals surface area contributed by atoms with Gasteiger partial charge in [0.05, 0.1) is 0 Å². The number of hydrogen-bond donors (Lipinski definition) is 1. The van der Waals surface area contributed by atoms with Crippen LogP contribution in [0.3, 0.4) is 0 Å². The maximum absolute atomic E-state index is 13.6. The Hall–Kier alpha value is -1.36. The number of nitrogens with zero attached hydrogens (tertiary/aromatic N) is 1. The van der Waals surface area contributed by atoms with E-state index in [0.717, 1.165) is 25.4 Å². The normalized spacial score (nSPS) is 11.0. The van der Waals surface area contributed by atoms with Crippen LogP contribution in [0.25, 0.3) is 0 Å². The van der Waals surface area contributed by atoms with Crippen molar-refractivity contribution in [3.8, 4) is 0 Å². The van der Waals surface area contributed by atoms with Crippen LogP contribution < -0.4 is 5.73 Å². The van der Waals surface area contributed by atoms with Crippen LogP contribution in [0.15, 0.2) is 59.5 Å². The van der Waals surface area contributed by atoms with Crippen molar-refractivity contribution in [3.05, 3.63) is 66.0 Å². The molecule has 4 heteroatoms. The largest absolute Gasteiger partial charge is 0.329 e. The third-order valence-electron chi connectivity index (χ3n) is 3.20. The molecule has 2 N–H and O–H groups in total. The van der Waals surface area contributed by atoms with Crippen LogP contribution in [0.2, 0.25) is 0 Å². The summed E-state index contributed by atoms with van der Waals surface area (Å²) < 4.78 is 13.6. The van der Waals surface area contributed by atoms with Gasteiger partial charge in [0, 0.05) is 36.8 Å². The third kappa shape index (κ3) is 5.50. The average Bonchev–Trinajstić information content (AvgIpc) is 2.50. The lowest BCUT2D eigenvalue weighted by Gasteiger charge is -2.21. The van der Waals surface area contributed by atoms with Gasteiger partial charge < -0.3 is 5.73 Å². The zero-order valence-electron chi connectivity index (χ0n) is 12.0. The Balaban J connectivity index is 1.84. The minimum Gasteiger partial charge on any atom is -0.329 e. The summed E-state index contributed by atoms with van der Waals surface area (Å²) in [4.78, 5) is 3.02. The van der Waals surface area contributed by atoms with Crippen LogP contribution >= 0.6 is 11.8 Å². The molecule has 0 spiro atoms. The highest BCUT2D eigenvalue weighted by Crippen LogP contribution is 2.21. The van der Waals surface area contributed by atoms with E-state index < -0.39 is 0 Å². The van der Waals surface area contributed by atoms with E-state index in [9.17, 15) is 4.39 Å². The van der Waals surface area contributed by atoms with Crippen LogP contribution in [0, 0.1) is 5.82 Å². The molecule has 0 heterocycles. The van der Waals surface area contributed by atoms with Gasteiger partial charge in [0.15, 0.2) is 0 Å². The van der Waals surface area contributed by atoms with E-state index in [0.29, 0.717) is 11.4 Å². The smallest absolute Gasteiger partial charge is 0.136 e. The fourth-order valence-corrected chi connectivity index (χ4v) is 3.09. The fraction of sp³-hybridized carbons (Fsp3) is 0.294. The van der Waals surface area contributed by atoms with Crippen LogP contribution in [-0.4, -0.2) is 30.3 Å². The molecule has 0 radical (unpaired) electrons. The van der Waals surface area contributed by atoms with E-state index >= 15 is 0 Å². The lowest BCUT2D eigenvalue weighted by Crippen LogP contribution is -2.31. The van der Waals surface area contributed by atoms with E-state index in [4.69, 9.17) is 5.73 Å². The summed E-state index contributed by atoms with van der Waals surface area (Å²) in [6.45, 7) is 3.27. The number of nitrogens with two attached hydrogens (primary N) is 1. The Morgan fingerprint density at radius 2 is 1.67 bits per heavy atom. The van der Waals surface area contributed by atoms with Crippen LogP contribution in [0.1, 0.15) is 5.56 Å². The van der Waals surface area contributed by atoms with Crippen molar-refractivity contribution in [2.75, 3.05) is 25.4 Å². The molecule has 112 valence electrons. The van der Waals surface area contributed by atoms with E-state index in [2.05, 4.69) is 17.0 Å². The summed E-state index contributed by atoms with van der Waals surface area (Å²) in [6.07, 6.45) is 0. The Labute approximate surface area is 130 Å². The molecule has 0 fully saturated rings. The van der Waals surface area contributed by atoms with Gasteiger partial charge in [-0.05, 0) is 17.7 Å². The lowest BCUT2D eigenvalue weighted by molar-refractivity contribution is 0.290. The predicted octanol–water partition coefficient (Wildman–Crippen LogP) is 3.38. The number of benzene rings is 2. The Morgan fingerprint density at radius 1 is 0.952 bits per heavy atom. The molecular formula is C17H21FN2S. The zero-order chi connectivity index (χ0) is 14.9. The first-order chi connectivity index (χ1) is 10.3. The van der Waals surface area contributed by atoms with Gasteiger partial charge in [-0.3, -0.25) is 4.90 Å². The quantitative estimate of drug-likeness (QED) is 0.758. The second kappa shape index (κ2) is 8.82. The summed E-state index contributed by atoms with van der Waals surface area (Å²) >= 11 is 1.55.